The third-order valence-electron chi connectivity index (χ3n) is 2.65. The highest BCUT2D eigenvalue weighted by Gasteiger charge is 2.13. The van der Waals surface area contributed by atoms with E-state index in [2.05, 4.69) is 31.2 Å². The third kappa shape index (κ3) is 3.87. The maximum atomic E-state index is 10.9. The van der Waals surface area contributed by atoms with E-state index in [1.54, 1.807) is 24.5 Å². The standard InChI is InChI=1S/C12H13BrN4O2/c13-10-2-1-9(11(7-10)17(18)19)8-14-4-3-12-15-5-6-16-12/h1-2,5-7,14H,3-4,8H2,(H,15,16). The van der Waals surface area contributed by atoms with E-state index in [0.717, 1.165) is 12.2 Å². The zero-order valence-corrected chi connectivity index (χ0v) is 11.7. The van der Waals surface area contributed by atoms with Crippen molar-refractivity contribution in [2.75, 3.05) is 6.54 Å². The predicted molar refractivity (Wildman–Crippen MR) is 74.8 cm³/mol. The van der Waals surface area contributed by atoms with E-state index in [0.29, 0.717) is 23.1 Å². The molecule has 0 radical (unpaired) electrons. The van der Waals surface area contributed by atoms with Gasteiger partial charge in [-0.3, -0.25) is 10.1 Å². The molecule has 1 heterocycles. The van der Waals surface area contributed by atoms with Crippen molar-refractivity contribution < 1.29 is 4.92 Å². The molecule has 2 N–H and O–H groups in total. The zero-order chi connectivity index (χ0) is 13.7. The molecule has 7 heteroatoms. The van der Waals surface area contributed by atoms with Gasteiger partial charge >= 0.3 is 0 Å². The van der Waals surface area contributed by atoms with E-state index in [9.17, 15) is 10.1 Å². The number of H-pyrrole nitrogens is 1. The molecule has 0 unspecified atom stereocenters. The lowest BCUT2D eigenvalue weighted by Crippen LogP contribution is -2.18. The van der Waals surface area contributed by atoms with Crippen LogP contribution in [0.3, 0.4) is 0 Å². The van der Waals surface area contributed by atoms with Crippen molar-refractivity contribution in [2.45, 2.75) is 13.0 Å². The molecule has 0 bridgehead atoms. The molecule has 0 aliphatic rings. The van der Waals surface area contributed by atoms with Crippen molar-refractivity contribution in [1.29, 1.82) is 0 Å². The molecule has 0 saturated carbocycles. The summed E-state index contributed by atoms with van der Waals surface area (Å²) in [6.45, 7) is 1.17. The minimum atomic E-state index is -0.367. The van der Waals surface area contributed by atoms with Gasteiger partial charge in [0.1, 0.15) is 5.82 Å². The van der Waals surface area contributed by atoms with E-state index in [-0.39, 0.29) is 10.6 Å². The van der Waals surface area contributed by atoms with Crippen LogP contribution in [-0.2, 0) is 13.0 Å². The molecule has 2 aromatic rings. The third-order valence-corrected chi connectivity index (χ3v) is 3.15. The van der Waals surface area contributed by atoms with Gasteiger partial charge in [-0.05, 0) is 12.1 Å². The number of benzene rings is 1. The first-order chi connectivity index (χ1) is 9.16. The van der Waals surface area contributed by atoms with Crippen LogP contribution >= 0.6 is 15.9 Å². The van der Waals surface area contributed by atoms with Crippen LogP contribution in [0.25, 0.3) is 0 Å². The van der Waals surface area contributed by atoms with Gasteiger partial charge in [0.2, 0.25) is 0 Å². The number of hydrogen-bond donors (Lipinski definition) is 2. The fraction of sp³-hybridized carbons (Fsp3) is 0.250. The van der Waals surface area contributed by atoms with Crippen molar-refractivity contribution in [1.82, 2.24) is 15.3 Å². The van der Waals surface area contributed by atoms with E-state index in [1.807, 2.05) is 0 Å². The fourth-order valence-corrected chi connectivity index (χ4v) is 2.07. The van der Waals surface area contributed by atoms with Crippen molar-refractivity contribution >= 4 is 21.6 Å². The second-order valence-corrected chi connectivity index (χ2v) is 4.91. The molecule has 0 amide bonds. The first kappa shape index (κ1) is 13.7. The highest BCUT2D eigenvalue weighted by Crippen LogP contribution is 2.23. The number of hydrogen-bond acceptors (Lipinski definition) is 4. The number of nitro groups is 1. The summed E-state index contributed by atoms with van der Waals surface area (Å²) in [5, 5.41) is 14.1. The van der Waals surface area contributed by atoms with Crippen LogP contribution in [-0.4, -0.2) is 21.4 Å². The number of halogens is 1. The van der Waals surface area contributed by atoms with Gasteiger partial charge in [-0.25, -0.2) is 4.98 Å². The van der Waals surface area contributed by atoms with Crippen LogP contribution in [0.5, 0.6) is 0 Å². The molecule has 0 aliphatic carbocycles. The highest BCUT2D eigenvalue weighted by molar-refractivity contribution is 9.10. The maximum absolute atomic E-state index is 10.9. The molecule has 0 atom stereocenters. The molecule has 0 saturated heterocycles. The number of nitrogens with zero attached hydrogens (tertiary/aromatic N) is 2. The summed E-state index contributed by atoms with van der Waals surface area (Å²) in [7, 11) is 0. The second-order valence-electron chi connectivity index (χ2n) is 3.99. The Labute approximate surface area is 118 Å². The van der Waals surface area contributed by atoms with Crippen LogP contribution < -0.4 is 5.32 Å². The zero-order valence-electron chi connectivity index (χ0n) is 10.1. The summed E-state index contributed by atoms with van der Waals surface area (Å²) in [5.74, 6) is 0.901. The molecule has 0 aliphatic heterocycles. The average Bonchev–Trinajstić information content (AvgIpc) is 2.89. The smallest absolute Gasteiger partial charge is 0.275 e. The molecule has 0 fully saturated rings. The van der Waals surface area contributed by atoms with Crippen LogP contribution in [0, 0.1) is 10.1 Å². The number of aromatic nitrogens is 2. The Kier molecular flexibility index (Phi) is 4.64. The minimum Gasteiger partial charge on any atom is -0.349 e. The van der Waals surface area contributed by atoms with Gasteiger partial charge in [0.05, 0.1) is 4.92 Å². The Morgan fingerprint density at radius 3 is 3.00 bits per heavy atom. The molecule has 100 valence electrons. The summed E-state index contributed by atoms with van der Waals surface area (Å²) >= 11 is 3.24. The van der Waals surface area contributed by atoms with Gasteiger partial charge in [0, 0.05) is 48.0 Å². The molecular formula is C12H13BrN4O2. The lowest BCUT2D eigenvalue weighted by atomic mass is 10.2. The minimum absolute atomic E-state index is 0.125. The van der Waals surface area contributed by atoms with Crippen molar-refractivity contribution in [3.8, 4) is 0 Å². The maximum Gasteiger partial charge on any atom is 0.275 e. The lowest BCUT2D eigenvalue weighted by Gasteiger charge is -2.05. The van der Waals surface area contributed by atoms with Gasteiger partial charge in [-0.2, -0.15) is 0 Å². The summed E-state index contributed by atoms with van der Waals surface area (Å²) < 4.78 is 0.707. The van der Waals surface area contributed by atoms with E-state index >= 15 is 0 Å². The Morgan fingerprint density at radius 2 is 2.32 bits per heavy atom. The molecule has 1 aromatic carbocycles. The monoisotopic (exact) mass is 324 g/mol. The van der Waals surface area contributed by atoms with E-state index in [4.69, 9.17) is 0 Å². The van der Waals surface area contributed by atoms with Crippen LogP contribution in [0.2, 0.25) is 0 Å². The summed E-state index contributed by atoms with van der Waals surface area (Å²) in [5.41, 5.74) is 0.799. The van der Waals surface area contributed by atoms with Crippen LogP contribution in [0.1, 0.15) is 11.4 Å². The van der Waals surface area contributed by atoms with Crippen molar-refractivity contribution in [2.24, 2.45) is 0 Å². The first-order valence-electron chi connectivity index (χ1n) is 5.78. The normalized spacial score (nSPS) is 10.6. The SMILES string of the molecule is O=[N+]([O-])c1cc(Br)ccc1CNCCc1ncc[nH]1. The number of nitrogens with one attached hydrogen (secondary N) is 2. The van der Waals surface area contributed by atoms with Gasteiger partial charge in [-0.15, -0.1) is 0 Å². The average molecular weight is 325 g/mol. The van der Waals surface area contributed by atoms with Gasteiger partial charge in [0.15, 0.2) is 0 Å². The quantitative estimate of drug-likeness (QED) is 0.485. The summed E-state index contributed by atoms with van der Waals surface area (Å²) in [6, 6.07) is 5.07. The number of nitro benzene ring substituents is 1. The summed E-state index contributed by atoms with van der Waals surface area (Å²) in [4.78, 5) is 17.7. The Morgan fingerprint density at radius 1 is 1.47 bits per heavy atom. The number of rotatable bonds is 6. The Balaban J connectivity index is 1.90. The molecule has 0 spiro atoms. The van der Waals surface area contributed by atoms with E-state index in [1.165, 1.54) is 6.07 Å². The lowest BCUT2D eigenvalue weighted by molar-refractivity contribution is -0.385. The fourth-order valence-electron chi connectivity index (χ4n) is 1.72. The number of imidazole rings is 1. The van der Waals surface area contributed by atoms with Crippen molar-refractivity contribution in [3.63, 3.8) is 0 Å². The molecule has 2 rings (SSSR count). The Bertz CT molecular complexity index is 557. The molecule has 6 nitrogen and oxygen atoms in total. The number of aromatic amines is 1. The molecule has 1 aromatic heterocycles. The van der Waals surface area contributed by atoms with Crippen molar-refractivity contribution in [3.05, 3.63) is 56.6 Å². The van der Waals surface area contributed by atoms with Crippen LogP contribution in [0.4, 0.5) is 5.69 Å². The Hall–Kier alpha value is -1.73. The van der Waals surface area contributed by atoms with Gasteiger partial charge < -0.3 is 10.3 Å². The van der Waals surface area contributed by atoms with Crippen LogP contribution in [0.15, 0.2) is 35.1 Å². The largest absolute Gasteiger partial charge is 0.349 e. The van der Waals surface area contributed by atoms with Gasteiger partial charge in [0.25, 0.3) is 5.69 Å². The predicted octanol–water partition coefficient (Wildman–Crippen LogP) is 2.41. The van der Waals surface area contributed by atoms with E-state index < -0.39 is 0 Å². The summed E-state index contributed by atoms with van der Waals surface area (Å²) in [6.07, 6.45) is 4.24. The highest BCUT2D eigenvalue weighted by atomic mass is 79.9. The van der Waals surface area contributed by atoms with Gasteiger partial charge in [-0.1, -0.05) is 15.9 Å². The molecular weight excluding hydrogens is 312 g/mol. The molecule has 19 heavy (non-hydrogen) atoms. The topological polar surface area (TPSA) is 83.8 Å². The second kappa shape index (κ2) is 6.44. The first-order valence-corrected chi connectivity index (χ1v) is 6.58.